The molecule has 2 aromatic heterocycles. The highest BCUT2D eigenvalue weighted by Gasteiger charge is 2.19. The first kappa shape index (κ1) is 12.5. The number of para-hydroxylation sites is 1. The third kappa shape index (κ3) is 2.09. The van der Waals surface area contributed by atoms with Crippen molar-refractivity contribution in [1.29, 1.82) is 0 Å². The zero-order chi connectivity index (χ0) is 13.4. The van der Waals surface area contributed by atoms with Gasteiger partial charge < -0.3 is 9.52 Å². The maximum absolute atomic E-state index is 10.5. The molecule has 0 bridgehead atoms. The van der Waals surface area contributed by atoms with Gasteiger partial charge in [0, 0.05) is 10.3 Å². The Kier molecular flexibility index (Phi) is 3.17. The lowest BCUT2D eigenvalue weighted by Crippen LogP contribution is -1.98. The summed E-state index contributed by atoms with van der Waals surface area (Å²) in [5.74, 6) is 0.626. The van der Waals surface area contributed by atoms with Crippen molar-refractivity contribution in [1.82, 2.24) is 0 Å². The normalized spacial score (nSPS) is 13.0. The number of hydrogen-bond acceptors (Lipinski definition) is 3. The van der Waals surface area contributed by atoms with Crippen LogP contribution in [0.4, 0.5) is 0 Å². The average Bonchev–Trinajstić information content (AvgIpc) is 3.04. The van der Waals surface area contributed by atoms with Gasteiger partial charge in [0.2, 0.25) is 0 Å². The summed E-state index contributed by atoms with van der Waals surface area (Å²) in [5.41, 5.74) is 3.15. The molecule has 0 radical (unpaired) electrons. The Labute approximate surface area is 116 Å². The van der Waals surface area contributed by atoms with Crippen molar-refractivity contribution in [3.63, 3.8) is 0 Å². The molecular formula is C16H16O2S. The molecule has 98 valence electrons. The minimum absolute atomic E-state index is 0.626. The Bertz CT molecular complexity index is 708. The van der Waals surface area contributed by atoms with E-state index in [2.05, 4.69) is 13.0 Å². The van der Waals surface area contributed by atoms with Crippen molar-refractivity contribution in [2.24, 2.45) is 0 Å². The molecule has 0 aliphatic carbocycles. The van der Waals surface area contributed by atoms with Gasteiger partial charge in [-0.25, -0.2) is 0 Å². The average molecular weight is 272 g/mol. The lowest BCUT2D eigenvalue weighted by molar-refractivity contribution is 0.195. The van der Waals surface area contributed by atoms with Crippen LogP contribution in [0.1, 0.15) is 34.8 Å². The maximum Gasteiger partial charge on any atom is 0.146 e. The number of furan rings is 1. The molecule has 2 heterocycles. The minimum atomic E-state index is -0.665. The highest BCUT2D eigenvalue weighted by Crippen LogP contribution is 2.33. The summed E-state index contributed by atoms with van der Waals surface area (Å²) >= 11 is 1.58. The number of rotatable bonds is 3. The highest BCUT2D eigenvalue weighted by atomic mass is 32.1. The zero-order valence-corrected chi connectivity index (χ0v) is 11.8. The van der Waals surface area contributed by atoms with E-state index in [0.717, 1.165) is 27.8 Å². The standard InChI is InChI=1S/C16H16O2S/c1-3-11-7-8-19-16(11)14(17)13-9-12-6-4-5-10(2)15(12)18-13/h4-9,14,17H,3H2,1-2H3. The predicted octanol–water partition coefficient (Wildman–Crippen LogP) is 4.45. The second-order valence-electron chi connectivity index (χ2n) is 4.71. The highest BCUT2D eigenvalue weighted by molar-refractivity contribution is 7.10. The van der Waals surface area contributed by atoms with E-state index in [9.17, 15) is 5.11 Å². The molecule has 2 nitrogen and oxygen atoms in total. The molecule has 0 fully saturated rings. The van der Waals surface area contributed by atoms with E-state index in [1.807, 2.05) is 36.6 Å². The van der Waals surface area contributed by atoms with Gasteiger partial charge in [-0.1, -0.05) is 25.1 Å². The van der Waals surface area contributed by atoms with Crippen molar-refractivity contribution in [2.45, 2.75) is 26.4 Å². The smallest absolute Gasteiger partial charge is 0.146 e. The molecule has 0 amide bonds. The fourth-order valence-corrected chi connectivity index (χ4v) is 3.36. The Balaban J connectivity index is 2.07. The summed E-state index contributed by atoms with van der Waals surface area (Å²) in [6, 6.07) is 10.0. The van der Waals surface area contributed by atoms with Crippen molar-refractivity contribution < 1.29 is 9.52 Å². The predicted molar refractivity (Wildman–Crippen MR) is 78.7 cm³/mol. The summed E-state index contributed by atoms with van der Waals surface area (Å²) in [4.78, 5) is 0.985. The van der Waals surface area contributed by atoms with Gasteiger partial charge >= 0.3 is 0 Å². The maximum atomic E-state index is 10.5. The zero-order valence-electron chi connectivity index (χ0n) is 11.0. The molecule has 1 unspecified atom stereocenters. The third-order valence-electron chi connectivity index (χ3n) is 3.44. The van der Waals surface area contributed by atoms with Gasteiger partial charge in [-0.2, -0.15) is 0 Å². The molecule has 1 atom stereocenters. The Hall–Kier alpha value is -1.58. The largest absolute Gasteiger partial charge is 0.458 e. The van der Waals surface area contributed by atoms with Gasteiger partial charge in [-0.15, -0.1) is 11.3 Å². The van der Waals surface area contributed by atoms with Crippen LogP contribution >= 0.6 is 11.3 Å². The summed E-state index contributed by atoms with van der Waals surface area (Å²) in [5, 5.41) is 13.6. The number of aliphatic hydroxyl groups excluding tert-OH is 1. The van der Waals surface area contributed by atoms with Crippen LogP contribution in [-0.2, 0) is 6.42 Å². The third-order valence-corrected chi connectivity index (χ3v) is 4.45. The summed E-state index contributed by atoms with van der Waals surface area (Å²) in [6.45, 7) is 4.12. The lowest BCUT2D eigenvalue weighted by atomic mass is 10.1. The Morgan fingerprint density at radius 2 is 2.16 bits per heavy atom. The summed E-state index contributed by atoms with van der Waals surface area (Å²) in [6.07, 6.45) is 0.261. The molecule has 0 spiro atoms. The van der Waals surface area contributed by atoms with Gasteiger partial charge in [0.25, 0.3) is 0 Å². The molecule has 3 heteroatoms. The molecule has 1 N–H and O–H groups in total. The van der Waals surface area contributed by atoms with Crippen LogP contribution in [0.3, 0.4) is 0 Å². The lowest BCUT2D eigenvalue weighted by Gasteiger charge is -2.07. The monoisotopic (exact) mass is 272 g/mol. The molecular weight excluding hydrogens is 256 g/mol. The van der Waals surface area contributed by atoms with E-state index in [0.29, 0.717) is 5.76 Å². The van der Waals surface area contributed by atoms with E-state index in [1.165, 1.54) is 5.56 Å². The number of hydrogen-bond donors (Lipinski definition) is 1. The van der Waals surface area contributed by atoms with Gasteiger partial charge in [0.1, 0.15) is 17.4 Å². The van der Waals surface area contributed by atoms with Crippen LogP contribution in [0.2, 0.25) is 0 Å². The minimum Gasteiger partial charge on any atom is -0.458 e. The Morgan fingerprint density at radius 1 is 1.32 bits per heavy atom. The van der Waals surface area contributed by atoms with E-state index in [-0.39, 0.29) is 0 Å². The number of aliphatic hydroxyl groups is 1. The van der Waals surface area contributed by atoms with Crippen molar-refractivity contribution in [2.75, 3.05) is 0 Å². The number of fused-ring (bicyclic) bond motifs is 1. The number of aryl methyl sites for hydroxylation is 2. The fraction of sp³-hybridized carbons (Fsp3) is 0.250. The van der Waals surface area contributed by atoms with Crippen LogP contribution in [0.25, 0.3) is 11.0 Å². The fourth-order valence-electron chi connectivity index (χ4n) is 2.37. The van der Waals surface area contributed by atoms with Gasteiger partial charge in [-0.05, 0) is 42.0 Å². The first-order valence-electron chi connectivity index (χ1n) is 6.44. The number of benzene rings is 1. The van der Waals surface area contributed by atoms with Crippen LogP contribution in [0.15, 0.2) is 40.1 Å². The van der Waals surface area contributed by atoms with Crippen LogP contribution in [-0.4, -0.2) is 5.11 Å². The molecule has 3 aromatic rings. The topological polar surface area (TPSA) is 33.4 Å². The van der Waals surface area contributed by atoms with Gasteiger partial charge in [0.05, 0.1) is 0 Å². The van der Waals surface area contributed by atoms with Gasteiger partial charge in [-0.3, -0.25) is 0 Å². The molecule has 1 aromatic carbocycles. The van der Waals surface area contributed by atoms with Crippen LogP contribution in [0.5, 0.6) is 0 Å². The van der Waals surface area contributed by atoms with Crippen molar-refractivity contribution in [3.05, 3.63) is 57.5 Å². The van der Waals surface area contributed by atoms with Crippen molar-refractivity contribution in [3.8, 4) is 0 Å². The van der Waals surface area contributed by atoms with E-state index in [1.54, 1.807) is 11.3 Å². The number of thiophene rings is 1. The van der Waals surface area contributed by atoms with Crippen molar-refractivity contribution >= 4 is 22.3 Å². The molecule has 0 aliphatic heterocycles. The second-order valence-corrected chi connectivity index (χ2v) is 5.66. The molecule has 0 saturated heterocycles. The first-order valence-corrected chi connectivity index (χ1v) is 7.32. The van der Waals surface area contributed by atoms with Gasteiger partial charge in [0.15, 0.2) is 0 Å². The quantitative estimate of drug-likeness (QED) is 0.764. The molecule has 3 rings (SSSR count). The van der Waals surface area contributed by atoms with E-state index >= 15 is 0 Å². The summed E-state index contributed by atoms with van der Waals surface area (Å²) in [7, 11) is 0. The molecule has 0 saturated carbocycles. The van der Waals surface area contributed by atoms with Crippen LogP contribution < -0.4 is 0 Å². The summed E-state index contributed by atoms with van der Waals surface area (Å²) < 4.78 is 5.84. The van der Waals surface area contributed by atoms with E-state index < -0.39 is 6.10 Å². The molecule has 19 heavy (non-hydrogen) atoms. The molecule has 0 aliphatic rings. The van der Waals surface area contributed by atoms with Crippen LogP contribution in [0, 0.1) is 6.92 Å². The SMILES string of the molecule is CCc1ccsc1C(O)c1cc2cccc(C)c2o1. The Morgan fingerprint density at radius 3 is 2.89 bits per heavy atom. The second kappa shape index (κ2) is 4.83. The first-order chi connectivity index (χ1) is 9.20. The van der Waals surface area contributed by atoms with E-state index in [4.69, 9.17) is 4.42 Å².